The van der Waals surface area contributed by atoms with Crippen molar-refractivity contribution in [2.24, 2.45) is 0 Å². The Morgan fingerprint density at radius 2 is 2.12 bits per heavy atom. The van der Waals surface area contributed by atoms with Gasteiger partial charge in [0.15, 0.2) is 11.2 Å². The largest absolute Gasteiger partial charge is 0.480 e. The fourth-order valence-electron chi connectivity index (χ4n) is 1.14. The molecule has 2 aromatic rings. The highest BCUT2D eigenvalue weighted by Crippen LogP contribution is 2.09. The van der Waals surface area contributed by atoms with Crippen LogP contribution in [0.25, 0.3) is 11.2 Å². The number of carboxylic acid groups (broad SMARTS) is 1. The van der Waals surface area contributed by atoms with E-state index in [1.807, 2.05) is 0 Å². The minimum Gasteiger partial charge on any atom is -0.480 e. The molecule has 5 N–H and O–H groups in total. The van der Waals surface area contributed by atoms with E-state index in [9.17, 15) is 9.59 Å². The standard InChI is InChI=1S/C7H7N5O4/c13-2(14)1-8-6-10-4-3(5(15)12-6)9-7(16)11-4/h1H2,(H,13,14)(H4,8,9,10,11,12,15,16). The van der Waals surface area contributed by atoms with E-state index in [1.165, 1.54) is 0 Å². The Hall–Kier alpha value is -2.58. The number of aromatic amines is 2. The summed E-state index contributed by atoms with van der Waals surface area (Å²) in [5.74, 6) is -1.11. The first-order valence-electron chi connectivity index (χ1n) is 4.21. The Balaban J connectivity index is 2.41. The summed E-state index contributed by atoms with van der Waals surface area (Å²) in [5.41, 5.74) is -0.516. The molecular formula is C7H7N5O4. The summed E-state index contributed by atoms with van der Waals surface area (Å²) in [6.07, 6.45) is 0. The van der Waals surface area contributed by atoms with Gasteiger partial charge in [-0.25, -0.2) is 0 Å². The molecule has 9 heteroatoms. The third kappa shape index (κ3) is 1.78. The third-order valence-electron chi connectivity index (χ3n) is 1.76. The molecule has 0 amide bonds. The summed E-state index contributed by atoms with van der Waals surface area (Å²) < 4.78 is 0. The van der Waals surface area contributed by atoms with Crippen molar-refractivity contribution in [1.82, 2.24) is 19.9 Å². The highest BCUT2D eigenvalue weighted by atomic mass is 16.4. The number of carboxylic acids is 1. The van der Waals surface area contributed by atoms with Gasteiger partial charge in [-0.3, -0.25) is 14.6 Å². The second kappa shape index (κ2) is 3.53. The van der Waals surface area contributed by atoms with Gasteiger partial charge in [-0.05, 0) is 0 Å². The molecule has 84 valence electrons. The number of nitrogens with zero attached hydrogens (tertiary/aromatic N) is 2. The lowest BCUT2D eigenvalue weighted by molar-refractivity contribution is -0.134. The van der Waals surface area contributed by atoms with Crippen molar-refractivity contribution in [3.63, 3.8) is 0 Å². The van der Waals surface area contributed by atoms with Gasteiger partial charge in [0.2, 0.25) is 5.95 Å². The lowest BCUT2D eigenvalue weighted by Gasteiger charge is -2.00. The maximum absolute atomic E-state index is 11.4. The van der Waals surface area contributed by atoms with E-state index in [0.29, 0.717) is 0 Å². The van der Waals surface area contributed by atoms with Crippen molar-refractivity contribution in [2.75, 3.05) is 11.9 Å². The van der Waals surface area contributed by atoms with E-state index in [-0.39, 0.29) is 23.7 Å². The van der Waals surface area contributed by atoms with E-state index < -0.39 is 17.5 Å². The predicted molar refractivity (Wildman–Crippen MR) is 52.3 cm³/mol. The van der Waals surface area contributed by atoms with Crippen molar-refractivity contribution in [1.29, 1.82) is 0 Å². The zero-order valence-electron chi connectivity index (χ0n) is 7.81. The number of H-pyrrole nitrogens is 2. The first kappa shape index (κ1) is 9.96. The van der Waals surface area contributed by atoms with Crippen LogP contribution in [0.2, 0.25) is 0 Å². The Labute approximate surface area is 87.2 Å². The minimum atomic E-state index is -1.09. The molecule has 0 unspecified atom stereocenters. The zero-order chi connectivity index (χ0) is 11.7. The predicted octanol–water partition coefficient (Wildman–Crippen LogP) is -1.15. The minimum absolute atomic E-state index is 0.00846. The normalized spacial score (nSPS) is 10.5. The van der Waals surface area contributed by atoms with E-state index in [1.54, 1.807) is 0 Å². The highest BCUT2D eigenvalue weighted by molar-refractivity contribution is 5.74. The van der Waals surface area contributed by atoms with Crippen LogP contribution >= 0.6 is 0 Å². The molecule has 0 aliphatic rings. The molecular weight excluding hydrogens is 218 g/mol. The molecule has 0 radical (unpaired) electrons. The number of fused-ring (bicyclic) bond motifs is 1. The van der Waals surface area contributed by atoms with Crippen LogP contribution in [0.15, 0.2) is 4.79 Å². The molecule has 16 heavy (non-hydrogen) atoms. The fourth-order valence-corrected chi connectivity index (χ4v) is 1.14. The average Bonchev–Trinajstić information content (AvgIpc) is 2.56. The number of nitrogens with one attached hydrogen (secondary N) is 3. The molecule has 0 aliphatic heterocycles. The SMILES string of the molecule is O=C(O)CNc1nc2nc(O)[nH]c2c(=O)[nH]1. The number of hydrogen-bond acceptors (Lipinski definition) is 6. The second-order valence-electron chi connectivity index (χ2n) is 2.92. The van der Waals surface area contributed by atoms with Crippen LogP contribution in [0.5, 0.6) is 6.01 Å². The monoisotopic (exact) mass is 225 g/mol. The Morgan fingerprint density at radius 3 is 2.81 bits per heavy atom. The molecule has 0 fully saturated rings. The number of aromatic hydroxyl groups is 1. The van der Waals surface area contributed by atoms with Crippen molar-refractivity contribution < 1.29 is 15.0 Å². The molecule has 2 rings (SSSR count). The summed E-state index contributed by atoms with van der Waals surface area (Å²) in [7, 11) is 0. The molecule has 0 saturated carbocycles. The van der Waals surface area contributed by atoms with Gasteiger partial charge in [-0.2, -0.15) is 9.97 Å². The molecule has 0 bridgehead atoms. The van der Waals surface area contributed by atoms with E-state index in [0.717, 1.165) is 0 Å². The molecule has 0 aromatic carbocycles. The van der Waals surface area contributed by atoms with Gasteiger partial charge in [0.25, 0.3) is 11.6 Å². The maximum atomic E-state index is 11.4. The summed E-state index contributed by atoms with van der Waals surface area (Å²) >= 11 is 0. The zero-order valence-corrected chi connectivity index (χ0v) is 7.81. The lowest BCUT2D eigenvalue weighted by Crippen LogP contribution is -2.18. The van der Waals surface area contributed by atoms with Crippen LogP contribution in [0.4, 0.5) is 5.95 Å². The first-order chi connectivity index (χ1) is 7.56. The van der Waals surface area contributed by atoms with Crippen LogP contribution in [-0.2, 0) is 4.79 Å². The molecule has 0 atom stereocenters. The summed E-state index contributed by atoms with van der Waals surface area (Å²) in [6.45, 7) is -0.384. The highest BCUT2D eigenvalue weighted by Gasteiger charge is 2.09. The van der Waals surface area contributed by atoms with Gasteiger partial charge in [0.05, 0.1) is 0 Å². The van der Waals surface area contributed by atoms with Crippen LogP contribution in [-0.4, -0.2) is 42.7 Å². The van der Waals surface area contributed by atoms with Crippen molar-refractivity contribution in [3.8, 4) is 6.01 Å². The number of imidazole rings is 1. The second-order valence-corrected chi connectivity index (χ2v) is 2.92. The summed E-state index contributed by atoms with van der Waals surface area (Å²) in [6, 6.07) is -0.427. The Bertz CT molecular complexity index is 600. The number of hydrogen-bond donors (Lipinski definition) is 5. The number of rotatable bonds is 3. The van der Waals surface area contributed by atoms with Crippen LogP contribution in [0, 0.1) is 0 Å². The van der Waals surface area contributed by atoms with E-state index in [2.05, 4.69) is 25.3 Å². The van der Waals surface area contributed by atoms with E-state index >= 15 is 0 Å². The maximum Gasteiger partial charge on any atom is 0.322 e. The number of aliphatic carboxylic acids is 1. The Kier molecular flexibility index (Phi) is 2.20. The quantitative estimate of drug-likeness (QED) is 0.443. The van der Waals surface area contributed by atoms with E-state index in [4.69, 9.17) is 10.2 Å². The van der Waals surface area contributed by atoms with Crippen molar-refractivity contribution in [3.05, 3.63) is 10.4 Å². The third-order valence-corrected chi connectivity index (χ3v) is 1.76. The van der Waals surface area contributed by atoms with Gasteiger partial charge in [-0.1, -0.05) is 0 Å². The van der Waals surface area contributed by atoms with Crippen molar-refractivity contribution >= 4 is 23.1 Å². The van der Waals surface area contributed by atoms with Gasteiger partial charge in [-0.15, -0.1) is 0 Å². The van der Waals surface area contributed by atoms with Gasteiger partial charge in [0.1, 0.15) is 6.54 Å². The van der Waals surface area contributed by atoms with Gasteiger partial charge >= 0.3 is 5.97 Å². The lowest BCUT2D eigenvalue weighted by atomic mass is 10.5. The molecule has 0 spiro atoms. The molecule has 2 aromatic heterocycles. The first-order valence-corrected chi connectivity index (χ1v) is 4.21. The molecule has 0 aliphatic carbocycles. The summed E-state index contributed by atoms with van der Waals surface area (Å²) in [4.78, 5) is 33.6. The fraction of sp³-hybridized carbons (Fsp3) is 0.143. The van der Waals surface area contributed by atoms with Gasteiger partial charge < -0.3 is 20.5 Å². The smallest absolute Gasteiger partial charge is 0.322 e. The van der Waals surface area contributed by atoms with Crippen LogP contribution < -0.4 is 10.9 Å². The molecule has 9 nitrogen and oxygen atoms in total. The van der Waals surface area contributed by atoms with Crippen LogP contribution in [0.3, 0.4) is 0 Å². The Morgan fingerprint density at radius 1 is 1.38 bits per heavy atom. The number of aromatic nitrogens is 4. The molecule has 2 heterocycles. The molecule has 0 saturated heterocycles. The number of anilines is 1. The summed E-state index contributed by atoms with van der Waals surface area (Å²) in [5, 5.41) is 19.8. The van der Waals surface area contributed by atoms with Crippen molar-refractivity contribution in [2.45, 2.75) is 0 Å². The van der Waals surface area contributed by atoms with Gasteiger partial charge in [0, 0.05) is 0 Å². The average molecular weight is 225 g/mol. The topological polar surface area (TPSA) is 144 Å². The number of carbonyl (C=O) groups is 1. The van der Waals surface area contributed by atoms with Crippen LogP contribution in [0.1, 0.15) is 0 Å².